The fraction of sp³-hybridized carbons (Fsp3) is 0.611. The second-order valence-corrected chi connectivity index (χ2v) is 7.64. The molecule has 3 rings (SSSR count). The highest BCUT2D eigenvalue weighted by Gasteiger charge is 2.43. The summed E-state index contributed by atoms with van der Waals surface area (Å²) in [5, 5.41) is 0. The summed E-state index contributed by atoms with van der Waals surface area (Å²) in [5.74, 6) is 0.252. The number of nitrogens with zero attached hydrogens (tertiary/aromatic N) is 2. The van der Waals surface area contributed by atoms with E-state index in [0.29, 0.717) is 25.9 Å². The van der Waals surface area contributed by atoms with Gasteiger partial charge in [-0.15, -0.1) is 0 Å². The minimum Gasteiger partial charge on any atom is -0.444 e. The number of Topliss-reactive ketones (excluding diaryl/α,β-unsaturated/α-hetero) is 1. The maximum absolute atomic E-state index is 12.2. The van der Waals surface area contributed by atoms with Gasteiger partial charge in [0.1, 0.15) is 11.4 Å². The van der Waals surface area contributed by atoms with E-state index in [1.807, 2.05) is 26.8 Å². The Bertz CT molecular complexity index is 625. The van der Waals surface area contributed by atoms with Crippen molar-refractivity contribution in [3.63, 3.8) is 0 Å². The molecule has 5 nitrogen and oxygen atoms in total. The number of ether oxygens (including phenoxy) is 1. The second kappa shape index (κ2) is 5.62. The Morgan fingerprint density at radius 3 is 2.65 bits per heavy atom. The molecule has 1 aromatic heterocycles. The number of hydrogen-bond donors (Lipinski definition) is 0. The van der Waals surface area contributed by atoms with E-state index in [0.717, 1.165) is 18.5 Å². The van der Waals surface area contributed by atoms with Gasteiger partial charge in [0.2, 0.25) is 0 Å². The molecule has 0 bridgehead atoms. The molecule has 1 amide bonds. The smallest absolute Gasteiger partial charge is 0.410 e. The zero-order valence-corrected chi connectivity index (χ0v) is 14.1. The van der Waals surface area contributed by atoms with Crippen molar-refractivity contribution in [2.75, 3.05) is 13.1 Å². The number of carbonyl (C=O) groups is 2. The van der Waals surface area contributed by atoms with Crippen molar-refractivity contribution < 1.29 is 14.3 Å². The largest absolute Gasteiger partial charge is 0.444 e. The van der Waals surface area contributed by atoms with E-state index in [4.69, 9.17) is 4.74 Å². The first-order valence-corrected chi connectivity index (χ1v) is 8.23. The SMILES string of the molecule is CC(C)(C)OC(=O)N1CCC2(CC1)CC(=O)Cc1ncccc12. The Balaban J connectivity index is 1.76. The van der Waals surface area contributed by atoms with Crippen LogP contribution in [0.15, 0.2) is 18.3 Å². The van der Waals surface area contributed by atoms with Crippen LogP contribution in [0.1, 0.15) is 51.3 Å². The van der Waals surface area contributed by atoms with Crippen LogP contribution >= 0.6 is 0 Å². The number of fused-ring (bicyclic) bond motifs is 2. The van der Waals surface area contributed by atoms with Crippen molar-refractivity contribution in [2.24, 2.45) is 0 Å². The molecule has 0 atom stereocenters. The molecular formula is C18H24N2O3. The number of pyridine rings is 1. The lowest BCUT2D eigenvalue weighted by molar-refractivity contribution is -0.120. The predicted molar refractivity (Wildman–Crippen MR) is 86.3 cm³/mol. The van der Waals surface area contributed by atoms with Crippen LogP contribution in [0.25, 0.3) is 0 Å². The summed E-state index contributed by atoms with van der Waals surface area (Å²) in [6.07, 6.45) is 4.07. The summed E-state index contributed by atoms with van der Waals surface area (Å²) < 4.78 is 5.45. The summed E-state index contributed by atoms with van der Waals surface area (Å²) >= 11 is 0. The fourth-order valence-electron chi connectivity index (χ4n) is 3.67. The molecule has 1 aliphatic heterocycles. The van der Waals surface area contributed by atoms with Gasteiger partial charge in [-0.3, -0.25) is 9.78 Å². The molecule has 0 radical (unpaired) electrons. The normalized spacial score (nSPS) is 20.3. The Morgan fingerprint density at radius 2 is 2.00 bits per heavy atom. The molecule has 124 valence electrons. The van der Waals surface area contributed by atoms with Crippen molar-refractivity contribution in [1.82, 2.24) is 9.88 Å². The number of aromatic nitrogens is 1. The van der Waals surface area contributed by atoms with E-state index in [9.17, 15) is 9.59 Å². The van der Waals surface area contributed by atoms with E-state index in [2.05, 4.69) is 11.1 Å². The Labute approximate surface area is 137 Å². The third-order valence-corrected chi connectivity index (χ3v) is 4.73. The zero-order chi connectivity index (χ0) is 16.7. The van der Waals surface area contributed by atoms with Crippen molar-refractivity contribution in [3.8, 4) is 0 Å². The van der Waals surface area contributed by atoms with E-state index in [1.54, 1.807) is 11.1 Å². The fourth-order valence-corrected chi connectivity index (χ4v) is 3.67. The molecule has 2 aliphatic rings. The minimum atomic E-state index is -0.483. The lowest BCUT2D eigenvalue weighted by atomic mass is 9.65. The molecule has 1 spiro atoms. The quantitative estimate of drug-likeness (QED) is 0.738. The van der Waals surface area contributed by atoms with Crippen molar-refractivity contribution in [3.05, 3.63) is 29.6 Å². The maximum atomic E-state index is 12.2. The van der Waals surface area contributed by atoms with Crippen molar-refractivity contribution in [1.29, 1.82) is 0 Å². The number of piperidine rings is 1. The standard InChI is InChI=1S/C18H24N2O3/c1-17(2,3)23-16(22)20-9-6-18(7-10-20)12-13(21)11-15-14(18)5-4-8-19-15/h4-5,8H,6-7,9-12H2,1-3H3. The van der Waals surface area contributed by atoms with Gasteiger partial charge in [0.05, 0.1) is 5.69 Å². The topological polar surface area (TPSA) is 59.5 Å². The first-order valence-electron chi connectivity index (χ1n) is 8.23. The molecular weight excluding hydrogens is 292 g/mol. The zero-order valence-electron chi connectivity index (χ0n) is 14.1. The third-order valence-electron chi connectivity index (χ3n) is 4.73. The first-order chi connectivity index (χ1) is 10.8. The molecule has 1 aromatic rings. The number of amides is 1. The van der Waals surface area contributed by atoms with Gasteiger partial charge in [0, 0.05) is 37.5 Å². The molecule has 0 saturated carbocycles. The van der Waals surface area contributed by atoms with Crippen LogP contribution in [0.4, 0.5) is 4.79 Å². The van der Waals surface area contributed by atoms with Gasteiger partial charge in [0.15, 0.2) is 0 Å². The third kappa shape index (κ3) is 3.23. The van der Waals surface area contributed by atoms with Crippen LogP contribution in [-0.4, -0.2) is 40.5 Å². The highest BCUT2D eigenvalue weighted by molar-refractivity contribution is 5.84. The van der Waals surface area contributed by atoms with Gasteiger partial charge in [0.25, 0.3) is 0 Å². The van der Waals surface area contributed by atoms with Gasteiger partial charge < -0.3 is 9.64 Å². The van der Waals surface area contributed by atoms with E-state index < -0.39 is 5.60 Å². The molecule has 0 aromatic carbocycles. The molecule has 1 aliphatic carbocycles. The van der Waals surface area contributed by atoms with Gasteiger partial charge in [-0.1, -0.05) is 6.07 Å². The van der Waals surface area contributed by atoms with Crippen LogP contribution in [0.3, 0.4) is 0 Å². The molecule has 2 heterocycles. The summed E-state index contributed by atoms with van der Waals surface area (Å²) in [7, 11) is 0. The van der Waals surface area contributed by atoms with Crippen LogP contribution in [-0.2, 0) is 21.4 Å². The number of carbonyl (C=O) groups excluding carboxylic acids is 2. The summed E-state index contributed by atoms with van der Waals surface area (Å²) in [4.78, 5) is 30.5. The Kier molecular flexibility index (Phi) is 3.90. The summed E-state index contributed by atoms with van der Waals surface area (Å²) in [6.45, 7) is 6.86. The lowest BCUT2D eigenvalue weighted by Crippen LogP contribution is -2.49. The average molecular weight is 316 g/mol. The van der Waals surface area contributed by atoms with Crippen LogP contribution in [0.5, 0.6) is 0 Å². The number of likely N-dealkylation sites (tertiary alicyclic amines) is 1. The van der Waals surface area contributed by atoms with Crippen molar-refractivity contribution in [2.45, 2.75) is 57.5 Å². The first kappa shape index (κ1) is 16.0. The minimum absolute atomic E-state index is 0.155. The molecule has 0 N–H and O–H groups in total. The maximum Gasteiger partial charge on any atom is 0.410 e. The predicted octanol–water partition coefficient (Wildman–Crippen LogP) is 2.87. The number of ketones is 1. The van der Waals surface area contributed by atoms with Gasteiger partial charge in [-0.25, -0.2) is 4.79 Å². The Hall–Kier alpha value is -1.91. The van der Waals surface area contributed by atoms with E-state index in [-0.39, 0.29) is 17.3 Å². The highest BCUT2D eigenvalue weighted by atomic mass is 16.6. The van der Waals surface area contributed by atoms with Crippen LogP contribution in [0, 0.1) is 0 Å². The summed E-state index contributed by atoms with van der Waals surface area (Å²) in [6, 6.07) is 4.04. The van der Waals surface area contributed by atoms with Crippen LogP contribution in [0.2, 0.25) is 0 Å². The molecule has 1 saturated heterocycles. The van der Waals surface area contributed by atoms with Crippen molar-refractivity contribution >= 4 is 11.9 Å². The van der Waals surface area contributed by atoms with Gasteiger partial charge >= 0.3 is 6.09 Å². The van der Waals surface area contributed by atoms with Crippen LogP contribution < -0.4 is 0 Å². The monoisotopic (exact) mass is 316 g/mol. The van der Waals surface area contributed by atoms with E-state index in [1.165, 1.54) is 5.56 Å². The average Bonchev–Trinajstić information content (AvgIpc) is 2.46. The molecule has 23 heavy (non-hydrogen) atoms. The number of rotatable bonds is 0. The summed E-state index contributed by atoms with van der Waals surface area (Å²) in [5.41, 5.74) is 1.47. The number of hydrogen-bond acceptors (Lipinski definition) is 4. The molecule has 5 heteroatoms. The second-order valence-electron chi connectivity index (χ2n) is 7.64. The Morgan fingerprint density at radius 1 is 1.30 bits per heavy atom. The highest BCUT2D eigenvalue weighted by Crippen LogP contribution is 2.43. The lowest BCUT2D eigenvalue weighted by Gasteiger charge is -2.44. The van der Waals surface area contributed by atoms with Gasteiger partial charge in [-0.2, -0.15) is 0 Å². The van der Waals surface area contributed by atoms with E-state index >= 15 is 0 Å². The van der Waals surface area contributed by atoms with Gasteiger partial charge in [-0.05, 0) is 45.2 Å². The molecule has 1 fully saturated rings. The molecule has 0 unspecified atom stereocenters.